The molecule has 0 saturated carbocycles. The van der Waals surface area contributed by atoms with Gasteiger partial charge in [-0.2, -0.15) is 9.97 Å². The molecule has 4 aliphatic rings. The van der Waals surface area contributed by atoms with Crippen molar-refractivity contribution in [1.82, 2.24) is 30.6 Å². The summed E-state index contributed by atoms with van der Waals surface area (Å²) in [4.78, 5) is 51.4. The van der Waals surface area contributed by atoms with Gasteiger partial charge >= 0.3 is 0 Å². The predicted molar refractivity (Wildman–Crippen MR) is 318 cm³/mol. The van der Waals surface area contributed by atoms with E-state index in [1.54, 1.807) is 34.5 Å². The largest absolute Gasteiger partial charge is 0.493 e. The molecule has 2 aliphatic carbocycles. The van der Waals surface area contributed by atoms with Crippen LogP contribution >= 0.6 is 0 Å². The molecule has 16 heteroatoms. The lowest BCUT2D eigenvalue weighted by Crippen LogP contribution is -2.52. The first-order valence-electron chi connectivity index (χ1n) is 28.2. The number of nitrogens with two attached hydrogens (primary N) is 2. The van der Waals surface area contributed by atoms with E-state index in [4.69, 9.17) is 40.4 Å². The fraction of sp³-hybridized carbons (Fsp3) is 0.354. The third-order valence-electron chi connectivity index (χ3n) is 17.2. The second-order valence-electron chi connectivity index (χ2n) is 22.1. The normalized spacial score (nSPS) is 17.3. The molecule has 418 valence electrons. The minimum Gasteiger partial charge on any atom is -0.493 e. The number of methoxy groups -OCH3 is 4. The molecule has 2 aromatic heterocycles. The van der Waals surface area contributed by atoms with Crippen molar-refractivity contribution in [3.63, 3.8) is 0 Å². The van der Waals surface area contributed by atoms with Crippen LogP contribution in [0.3, 0.4) is 0 Å². The molecule has 16 nitrogen and oxygen atoms in total. The van der Waals surface area contributed by atoms with Crippen LogP contribution in [0.5, 0.6) is 23.0 Å². The fourth-order valence-electron chi connectivity index (χ4n) is 12.6. The highest BCUT2D eigenvalue weighted by atomic mass is 16.5. The Balaban J connectivity index is 0.000000170. The van der Waals surface area contributed by atoms with E-state index in [2.05, 4.69) is 103 Å². The number of hydrogen-bond acceptors (Lipinski definition) is 14. The molecule has 1 unspecified atom stereocenters. The van der Waals surface area contributed by atoms with Gasteiger partial charge in [0, 0.05) is 55.1 Å². The van der Waals surface area contributed by atoms with E-state index in [0.29, 0.717) is 133 Å². The molecule has 6 aromatic carbocycles. The van der Waals surface area contributed by atoms with Crippen LogP contribution in [-0.4, -0.2) is 92.4 Å². The number of aromatic nitrogens is 4. The van der Waals surface area contributed by atoms with E-state index in [9.17, 15) is 9.59 Å². The first-order valence-corrected chi connectivity index (χ1v) is 28.2. The number of carbonyl (C=O) groups excluding carboxylic acids is 2. The zero-order valence-electron chi connectivity index (χ0n) is 46.8. The number of nitrogen functional groups attached to an aromatic ring is 2. The number of benzene rings is 6. The highest BCUT2D eigenvalue weighted by molar-refractivity contribution is 5.93. The van der Waals surface area contributed by atoms with Crippen LogP contribution in [0.4, 0.5) is 23.5 Å². The Morgan fingerprint density at radius 2 is 0.938 bits per heavy atom. The zero-order valence-corrected chi connectivity index (χ0v) is 46.8. The van der Waals surface area contributed by atoms with Crippen LogP contribution in [0.2, 0.25) is 0 Å². The number of aryl methyl sites for hydroxylation is 1. The molecule has 4 heterocycles. The maximum atomic E-state index is 14.2. The first kappa shape index (κ1) is 54.3. The Bertz CT molecular complexity index is 3520. The topological polar surface area (TPSA) is 205 Å². The molecule has 0 spiro atoms. The lowest BCUT2D eigenvalue weighted by atomic mass is 9.72. The van der Waals surface area contributed by atoms with Crippen molar-refractivity contribution in [1.29, 1.82) is 0 Å². The zero-order chi connectivity index (χ0) is 56.1. The Morgan fingerprint density at radius 3 is 1.40 bits per heavy atom. The van der Waals surface area contributed by atoms with Crippen LogP contribution in [-0.2, 0) is 41.7 Å². The highest BCUT2D eigenvalue weighted by Gasteiger charge is 2.45. The maximum Gasteiger partial charge on any atom is 0.227 e. The second-order valence-corrected chi connectivity index (χ2v) is 22.1. The summed E-state index contributed by atoms with van der Waals surface area (Å²) in [7, 11) is 6.38. The molecule has 12 rings (SSSR count). The molecular weight excluding hydrogens is 1020 g/mol. The summed E-state index contributed by atoms with van der Waals surface area (Å²) in [5.41, 5.74) is 20.7. The number of rotatable bonds is 14. The first-order chi connectivity index (χ1) is 39.5. The van der Waals surface area contributed by atoms with Gasteiger partial charge in [0.1, 0.15) is 11.6 Å². The Labute approximate surface area is 473 Å². The van der Waals surface area contributed by atoms with Gasteiger partial charge in [0.15, 0.2) is 23.0 Å². The predicted octanol–water partition coefficient (Wildman–Crippen LogP) is 9.59. The van der Waals surface area contributed by atoms with Crippen LogP contribution in [0, 0.1) is 10.8 Å². The summed E-state index contributed by atoms with van der Waals surface area (Å²) in [5, 5.41) is 8.35. The molecule has 81 heavy (non-hydrogen) atoms. The standard InChI is InChI=1S/C33H37N5O3.C32H35N5O3/c1-40-28-19-25-27(20-29(28)41-2)36-32(37-30(25)34)38-17-15-33(16-18-38,21-22-9-4-3-5-10-22)31(39)35-26-14-8-12-23-11-6-7-13-24(23)26;1-39-27-18-25-26(19-28(27)40-2)35-31(36-29(25)33)37-14-12-32(13-15-37,20-21-8-4-3-5-9-21)30(38)34-24-16-22-10-6-7-11-23(22)17-24/h3-7,9-11,13,19-20,26H,8,12,14-18,21H2,1-2H3,(H,35,39)(H2,34,36,37);3-11,18-19,24H,12-17,20H2,1-2H3,(H,34,38)(H2,33,35,36). The van der Waals surface area contributed by atoms with Crippen molar-refractivity contribution in [3.05, 3.63) is 167 Å². The number of anilines is 4. The third kappa shape index (κ3) is 11.4. The summed E-state index contributed by atoms with van der Waals surface area (Å²) in [5.74, 6) is 4.53. The number of fused-ring (bicyclic) bond motifs is 4. The van der Waals surface area contributed by atoms with Crippen LogP contribution < -0.4 is 50.8 Å². The van der Waals surface area contributed by atoms with Crippen LogP contribution in [0.1, 0.15) is 77.9 Å². The maximum absolute atomic E-state index is 14.2. The SMILES string of the molecule is COc1cc2nc(N3CCC(Cc4ccccc4)(C(=O)NC4CCCc5ccccc54)CC3)nc(N)c2cc1OC.COc1cc2nc(N3CCC(Cc4ccccc4)(C(=O)NC4Cc5ccccc5C4)CC3)nc(N)c2cc1OC. The fourth-order valence-corrected chi connectivity index (χ4v) is 12.6. The number of piperidine rings is 2. The van der Waals surface area contributed by atoms with E-state index >= 15 is 0 Å². The van der Waals surface area contributed by atoms with E-state index in [1.165, 1.54) is 33.4 Å². The molecule has 2 fully saturated rings. The van der Waals surface area contributed by atoms with E-state index in [-0.39, 0.29) is 23.9 Å². The van der Waals surface area contributed by atoms with Crippen molar-refractivity contribution < 1.29 is 28.5 Å². The van der Waals surface area contributed by atoms with Crippen molar-refractivity contribution in [2.24, 2.45) is 10.8 Å². The molecule has 2 saturated heterocycles. The smallest absolute Gasteiger partial charge is 0.227 e. The Kier molecular flexibility index (Phi) is 15.8. The summed E-state index contributed by atoms with van der Waals surface area (Å²) in [6, 6.07) is 45.1. The molecular formula is C65H72N10O6. The van der Waals surface area contributed by atoms with Gasteiger partial charge in [-0.3, -0.25) is 9.59 Å². The number of nitrogens with one attached hydrogen (secondary N) is 2. The van der Waals surface area contributed by atoms with Gasteiger partial charge in [0.2, 0.25) is 23.7 Å². The summed E-state index contributed by atoms with van der Waals surface area (Å²) >= 11 is 0. The highest BCUT2D eigenvalue weighted by Crippen LogP contribution is 2.42. The average molecular weight is 1090 g/mol. The minimum atomic E-state index is -0.525. The summed E-state index contributed by atoms with van der Waals surface area (Å²) in [6.07, 6.45) is 9.05. The Morgan fingerprint density at radius 1 is 0.531 bits per heavy atom. The van der Waals surface area contributed by atoms with Gasteiger partial charge in [-0.15, -0.1) is 0 Å². The third-order valence-corrected chi connectivity index (χ3v) is 17.2. The molecule has 6 N–H and O–H groups in total. The van der Waals surface area contributed by atoms with Crippen LogP contribution in [0.15, 0.2) is 133 Å². The number of amides is 2. The van der Waals surface area contributed by atoms with Gasteiger partial charge in [-0.25, -0.2) is 9.97 Å². The Hall–Kier alpha value is -8.66. The molecule has 0 bridgehead atoms. The van der Waals surface area contributed by atoms with Crippen LogP contribution in [0.25, 0.3) is 21.8 Å². The van der Waals surface area contributed by atoms with Crippen molar-refractivity contribution >= 4 is 57.2 Å². The number of carbonyl (C=O) groups is 2. The molecule has 2 aliphatic heterocycles. The van der Waals surface area contributed by atoms with Gasteiger partial charge in [-0.1, -0.05) is 109 Å². The number of ether oxygens (including phenoxy) is 4. The molecule has 2 amide bonds. The summed E-state index contributed by atoms with van der Waals surface area (Å²) in [6.45, 7) is 2.62. The van der Waals surface area contributed by atoms with Gasteiger partial charge in [0.05, 0.1) is 56.3 Å². The summed E-state index contributed by atoms with van der Waals surface area (Å²) < 4.78 is 21.8. The van der Waals surface area contributed by atoms with Crippen molar-refractivity contribution in [3.8, 4) is 23.0 Å². The lowest BCUT2D eigenvalue weighted by molar-refractivity contribution is -0.134. The second kappa shape index (κ2) is 23.6. The van der Waals surface area contributed by atoms with Crippen molar-refractivity contribution in [2.75, 3.05) is 75.9 Å². The van der Waals surface area contributed by atoms with Gasteiger partial charge in [-0.05, 0) is 116 Å². The van der Waals surface area contributed by atoms with E-state index in [1.807, 2.05) is 54.6 Å². The van der Waals surface area contributed by atoms with Gasteiger partial charge < -0.3 is 50.8 Å². The molecule has 0 radical (unpaired) electrons. The monoisotopic (exact) mass is 1090 g/mol. The average Bonchev–Trinajstić information content (AvgIpc) is 4.02. The minimum absolute atomic E-state index is 0.0497. The lowest BCUT2D eigenvalue weighted by Gasteiger charge is -2.42. The van der Waals surface area contributed by atoms with Gasteiger partial charge in [0.25, 0.3) is 0 Å². The quantitative estimate of drug-likeness (QED) is 0.0801. The van der Waals surface area contributed by atoms with E-state index < -0.39 is 10.8 Å². The number of nitrogens with zero attached hydrogens (tertiary/aromatic N) is 6. The van der Waals surface area contributed by atoms with Crippen molar-refractivity contribution in [2.45, 2.75) is 82.7 Å². The van der Waals surface area contributed by atoms with E-state index in [0.717, 1.165) is 32.1 Å². The molecule has 1 atom stereocenters. The number of hydrogen-bond donors (Lipinski definition) is 4. The molecule has 8 aromatic rings.